The van der Waals surface area contributed by atoms with Crippen molar-refractivity contribution in [1.29, 1.82) is 5.26 Å². The van der Waals surface area contributed by atoms with Gasteiger partial charge in [-0.3, -0.25) is 4.79 Å². The molecule has 0 aliphatic rings. The zero-order valence-corrected chi connectivity index (χ0v) is 14.4. The number of nitrogens with one attached hydrogen (secondary N) is 1. The predicted octanol–water partition coefficient (Wildman–Crippen LogP) is 4.94. The summed E-state index contributed by atoms with van der Waals surface area (Å²) in [5.41, 5.74) is 0.961. The molecule has 0 aliphatic carbocycles. The van der Waals surface area contributed by atoms with Gasteiger partial charge in [-0.25, -0.2) is 0 Å². The van der Waals surface area contributed by atoms with E-state index in [9.17, 15) is 10.1 Å². The van der Waals surface area contributed by atoms with Gasteiger partial charge in [-0.2, -0.15) is 5.26 Å². The Hall–Kier alpha value is -2.48. The maximum atomic E-state index is 12.3. The molecule has 0 unspecified atom stereocenters. The van der Waals surface area contributed by atoms with Crippen molar-refractivity contribution >= 4 is 40.9 Å². The van der Waals surface area contributed by atoms with Gasteiger partial charge < -0.3 is 10.1 Å². The molecular weight excluding hydrogens is 347 g/mol. The molecule has 4 nitrogen and oxygen atoms in total. The topological polar surface area (TPSA) is 62.1 Å². The number of ether oxygens (including phenoxy) is 1. The summed E-state index contributed by atoms with van der Waals surface area (Å²) < 4.78 is 5.40. The van der Waals surface area contributed by atoms with Crippen molar-refractivity contribution in [2.24, 2.45) is 0 Å². The largest absolute Gasteiger partial charge is 0.494 e. The van der Waals surface area contributed by atoms with Gasteiger partial charge in [0.05, 0.1) is 17.3 Å². The monoisotopic (exact) mass is 360 g/mol. The van der Waals surface area contributed by atoms with Crippen LogP contribution in [-0.4, -0.2) is 12.5 Å². The zero-order chi connectivity index (χ0) is 17.5. The lowest BCUT2D eigenvalue weighted by Crippen LogP contribution is -2.13. The number of carbonyl (C=O) groups is 1. The van der Waals surface area contributed by atoms with Gasteiger partial charge in [0, 0.05) is 5.02 Å². The first-order valence-corrected chi connectivity index (χ1v) is 7.90. The highest BCUT2D eigenvalue weighted by Gasteiger charge is 2.11. The number of carbonyl (C=O) groups excluding carboxylic acids is 1. The number of nitriles is 1. The number of benzene rings is 2. The number of anilines is 1. The Morgan fingerprint density at radius 3 is 2.71 bits per heavy atom. The van der Waals surface area contributed by atoms with Crippen molar-refractivity contribution in [3.8, 4) is 11.8 Å². The fourth-order valence-corrected chi connectivity index (χ4v) is 2.40. The molecule has 122 valence electrons. The standard InChI is InChI=1S/C18H14Cl2N2O2/c1-2-24-15-9-12(8-14(19)10-15)7-13(11-21)18(23)22-17-6-4-3-5-16(17)20/h3-10H,2H2,1H3,(H,22,23)/b13-7+. The fraction of sp³-hybridized carbons (Fsp3) is 0.111. The van der Waals surface area contributed by atoms with Crippen LogP contribution in [0.15, 0.2) is 48.0 Å². The van der Waals surface area contributed by atoms with Gasteiger partial charge >= 0.3 is 0 Å². The van der Waals surface area contributed by atoms with Gasteiger partial charge in [0.1, 0.15) is 17.4 Å². The molecule has 24 heavy (non-hydrogen) atoms. The molecule has 0 fully saturated rings. The van der Waals surface area contributed by atoms with Crippen LogP contribution in [0.1, 0.15) is 12.5 Å². The molecular formula is C18H14Cl2N2O2. The van der Waals surface area contributed by atoms with E-state index in [1.54, 1.807) is 42.5 Å². The maximum absolute atomic E-state index is 12.3. The Bertz CT molecular complexity index is 826. The van der Waals surface area contributed by atoms with Gasteiger partial charge in [-0.05, 0) is 48.9 Å². The molecule has 2 aromatic rings. The van der Waals surface area contributed by atoms with Crippen LogP contribution in [-0.2, 0) is 4.79 Å². The summed E-state index contributed by atoms with van der Waals surface area (Å²) in [5.74, 6) is 0.0172. The lowest BCUT2D eigenvalue weighted by atomic mass is 10.1. The number of nitrogens with zero attached hydrogens (tertiary/aromatic N) is 1. The summed E-state index contributed by atoms with van der Waals surface area (Å²) in [4.78, 5) is 12.3. The van der Waals surface area contributed by atoms with E-state index in [1.165, 1.54) is 6.08 Å². The highest BCUT2D eigenvalue weighted by Crippen LogP contribution is 2.24. The van der Waals surface area contributed by atoms with Gasteiger partial charge in [-0.15, -0.1) is 0 Å². The molecule has 0 aliphatic heterocycles. The van der Waals surface area contributed by atoms with E-state index in [0.29, 0.717) is 33.7 Å². The summed E-state index contributed by atoms with van der Waals surface area (Å²) in [6.07, 6.45) is 1.45. The van der Waals surface area contributed by atoms with Crippen molar-refractivity contribution in [3.63, 3.8) is 0 Å². The Labute approximate surface area is 150 Å². The fourth-order valence-electron chi connectivity index (χ4n) is 1.99. The van der Waals surface area contributed by atoms with Crippen LogP contribution in [0.4, 0.5) is 5.69 Å². The average molecular weight is 361 g/mol. The molecule has 0 aromatic heterocycles. The van der Waals surface area contributed by atoms with E-state index < -0.39 is 5.91 Å². The van der Waals surface area contributed by atoms with Gasteiger partial charge in [0.15, 0.2) is 0 Å². The molecule has 2 aromatic carbocycles. The lowest BCUT2D eigenvalue weighted by molar-refractivity contribution is -0.112. The number of hydrogen-bond donors (Lipinski definition) is 1. The summed E-state index contributed by atoms with van der Waals surface area (Å²) in [6.45, 7) is 2.34. The van der Waals surface area contributed by atoms with Crippen molar-refractivity contribution in [2.75, 3.05) is 11.9 Å². The van der Waals surface area contributed by atoms with Crippen LogP contribution in [0.2, 0.25) is 10.0 Å². The second-order valence-corrected chi connectivity index (χ2v) is 5.60. The number of hydrogen-bond acceptors (Lipinski definition) is 3. The highest BCUT2D eigenvalue weighted by atomic mass is 35.5. The minimum Gasteiger partial charge on any atom is -0.494 e. The van der Waals surface area contributed by atoms with Crippen molar-refractivity contribution in [2.45, 2.75) is 6.92 Å². The van der Waals surface area contributed by atoms with E-state index >= 15 is 0 Å². The number of para-hydroxylation sites is 1. The Kier molecular flexibility index (Phi) is 6.25. The quantitative estimate of drug-likeness (QED) is 0.606. The number of amides is 1. The number of halogens is 2. The van der Waals surface area contributed by atoms with E-state index in [4.69, 9.17) is 27.9 Å². The van der Waals surface area contributed by atoms with Crippen molar-refractivity contribution < 1.29 is 9.53 Å². The summed E-state index contributed by atoms with van der Waals surface area (Å²) in [7, 11) is 0. The highest BCUT2D eigenvalue weighted by molar-refractivity contribution is 6.34. The van der Waals surface area contributed by atoms with Crippen molar-refractivity contribution in [3.05, 3.63) is 63.6 Å². The molecule has 0 spiro atoms. The molecule has 1 amide bonds. The molecule has 6 heteroatoms. The average Bonchev–Trinajstić information content (AvgIpc) is 2.54. The first kappa shape index (κ1) is 17.9. The molecule has 0 saturated heterocycles. The number of rotatable bonds is 5. The van der Waals surface area contributed by atoms with E-state index in [-0.39, 0.29) is 5.57 Å². The van der Waals surface area contributed by atoms with Crippen LogP contribution >= 0.6 is 23.2 Å². The minimum atomic E-state index is -0.552. The Balaban J connectivity index is 2.27. The molecule has 0 radical (unpaired) electrons. The SMILES string of the molecule is CCOc1cc(Cl)cc(/C=C(\C#N)C(=O)Nc2ccccc2Cl)c1. The molecule has 0 heterocycles. The third-order valence-corrected chi connectivity index (χ3v) is 3.55. The van der Waals surface area contributed by atoms with Crippen LogP contribution in [0.25, 0.3) is 6.08 Å². The first-order chi connectivity index (χ1) is 11.5. The van der Waals surface area contributed by atoms with Gasteiger partial charge in [0.25, 0.3) is 5.91 Å². The summed E-state index contributed by atoms with van der Waals surface area (Å²) >= 11 is 12.0. The Morgan fingerprint density at radius 1 is 1.29 bits per heavy atom. The van der Waals surface area contributed by atoms with E-state index in [2.05, 4.69) is 5.32 Å². The lowest BCUT2D eigenvalue weighted by Gasteiger charge is -2.07. The zero-order valence-electron chi connectivity index (χ0n) is 12.8. The van der Waals surface area contributed by atoms with Crippen LogP contribution in [0, 0.1) is 11.3 Å². The van der Waals surface area contributed by atoms with Gasteiger partial charge in [0.2, 0.25) is 0 Å². The summed E-state index contributed by atoms with van der Waals surface area (Å²) in [5, 5.41) is 12.7. The molecule has 0 saturated carbocycles. The van der Waals surface area contributed by atoms with Crippen LogP contribution in [0.3, 0.4) is 0 Å². The Morgan fingerprint density at radius 2 is 2.04 bits per heavy atom. The summed E-state index contributed by atoms with van der Waals surface area (Å²) in [6, 6.07) is 13.7. The second kappa shape index (κ2) is 8.39. The molecule has 1 N–H and O–H groups in total. The van der Waals surface area contributed by atoms with Crippen LogP contribution < -0.4 is 10.1 Å². The van der Waals surface area contributed by atoms with E-state index in [0.717, 1.165) is 0 Å². The third-order valence-electron chi connectivity index (χ3n) is 3.00. The van der Waals surface area contributed by atoms with Gasteiger partial charge in [-0.1, -0.05) is 35.3 Å². The second-order valence-electron chi connectivity index (χ2n) is 4.76. The molecule has 0 atom stereocenters. The normalized spacial score (nSPS) is 10.8. The first-order valence-electron chi connectivity index (χ1n) is 7.14. The maximum Gasteiger partial charge on any atom is 0.266 e. The minimum absolute atomic E-state index is 0.0698. The smallest absolute Gasteiger partial charge is 0.266 e. The van der Waals surface area contributed by atoms with Crippen molar-refractivity contribution in [1.82, 2.24) is 0 Å². The van der Waals surface area contributed by atoms with E-state index in [1.807, 2.05) is 13.0 Å². The van der Waals surface area contributed by atoms with Crippen LogP contribution in [0.5, 0.6) is 5.75 Å². The molecule has 2 rings (SSSR count). The molecule has 0 bridgehead atoms. The predicted molar refractivity (Wildman–Crippen MR) is 96.3 cm³/mol. The third kappa shape index (κ3) is 4.76.